The van der Waals surface area contributed by atoms with Crippen molar-refractivity contribution in [2.24, 2.45) is 4.99 Å². The number of hydrogen-bond donors (Lipinski definition) is 2. The molecule has 2 aromatic carbocycles. The van der Waals surface area contributed by atoms with E-state index in [-0.39, 0.29) is 24.0 Å². The first-order valence-electron chi connectivity index (χ1n) is 8.34. The lowest BCUT2D eigenvalue weighted by molar-refractivity contribution is 0.354. The van der Waals surface area contributed by atoms with E-state index in [1.807, 2.05) is 36.4 Å². The largest absolute Gasteiger partial charge is 0.493 e. The highest BCUT2D eigenvalue weighted by atomic mass is 127. The van der Waals surface area contributed by atoms with Gasteiger partial charge in [0.05, 0.1) is 25.9 Å². The molecule has 144 valence electrons. The summed E-state index contributed by atoms with van der Waals surface area (Å²) in [4.78, 5) is 4.22. The molecule has 0 aliphatic rings. The van der Waals surface area contributed by atoms with Gasteiger partial charge in [0.15, 0.2) is 17.5 Å². The smallest absolute Gasteiger partial charge is 0.191 e. The van der Waals surface area contributed by atoms with Crippen molar-refractivity contribution in [2.45, 2.75) is 13.0 Å². The quantitative estimate of drug-likeness (QED) is 0.362. The van der Waals surface area contributed by atoms with E-state index >= 15 is 0 Å². The van der Waals surface area contributed by atoms with E-state index < -0.39 is 0 Å². The molecule has 0 spiro atoms. The average Bonchev–Trinajstić information content (AvgIpc) is 2.70. The minimum absolute atomic E-state index is 0. The van der Waals surface area contributed by atoms with Crippen molar-refractivity contribution in [3.05, 3.63) is 59.2 Å². The van der Waals surface area contributed by atoms with Gasteiger partial charge in [-0.3, -0.25) is 4.99 Å². The Bertz CT molecular complexity index is 803. The molecule has 2 N–H and O–H groups in total. The normalized spacial score (nSPS) is 10.4. The van der Waals surface area contributed by atoms with Crippen LogP contribution in [0.4, 0.5) is 0 Å². The number of nitrogens with zero attached hydrogens (tertiary/aromatic N) is 2. The summed E-state index contributed by atoms with van der Waals surface area (Å²) in [6.45, 7) is 1.33. The number of halogens is 1. The molecule has 0 aromatic heterocycles. The van der Waals surface area contributed by atoms with Gasteiger partial charge in [0, 0.05) is 20.1 Å². The van der Waals surface area contributed by atoms with Crippen molar-refractivity contribution in [1.82, 2.24) is 10.6 Å². The minimum Gasteiger partial charge on any atom is -0.493 e. The summed E-state index contributed by atoms with van der Waals surface area (Å²) in [5, 5.41) is 15.5. The standard InChI is InChI=1S/C20H24N4O2.HI/c1-22-20(24-14-17-6-4-5-16(11-17)13-21)23-10-9-15-7-8-18(25-2)19(12-15)26-3;/h4-8,11-12H,9-10,14H2,1-3H3,(H2,22,23,24);1H. The predicted octanol–water partition coefficient (Wildman–Crippen LogP) is 3.10. The molecule has 0 bridgehead atoms. The molecule has 2 rings (SSSR count). The minimum atomic E-state index is 0. The van der Waals surface area contributed by atoms with Crippen LogP contribution in [0.5, 0.6) is 11.5 Å². The van der Waals surface area contributed by atoms with E-state index in [4.69, 9.17) is 14.7 Å². The van der Waals surface area contributed by atoms with Crippen LogP contribution < -0.4 is 20.1 Å². The second-order valence-electron chi connectivity index (χ2n) is 5.60. The highest BCUT2D eigenvalue weighted by Gasteiger charge is 2.05. The van der Waals surface area contributed by atoms with Crippen LogP contribution in [-0.4, -0.2) is 33.8 Å². The first-order chi connectivity index (χ1) is 12.7. The maximum atomic E-state index is 8.96. The van der Waals surface area contributed by atoms with Crippen molar-refractivity contribution < 1.29 is 9.47 Å². The molecule has 0 aliphatic carbocycles. The second kappa shape index (κ2) is 12.0. The number of aliphatic imine (C=N–C) groups is 1. The summed E-state index contributed by atoms with van der Waals surface area (Å²) in [6.07, 6.45) is 0.824. The van der Waals surface area contributed by atoms with Crippen molar-refractivity contribution in [3.63, 3.8) is 0 Å². The number of hydrogen-bond acceptors (Lipinski definition) is 4. The molecule has 0 aliphatic heterocycles. The summed E-state index contributed by atoms with van der Waals surface area (Å²) in [6, 6.07) is 15.6. The van der Waals surface area contributed by atoms with Gasteiger partial charge >= 0.3 is 0 Å². The summed E-state index contributed by atoms with van der Waals surface area (Å²) in [5.74, 6) is 2.17. The third-order valence-electron chi connectivity index (χ3n) is 3.89. The van der Waals surface area contributed by atoms with E-state index in [0.29, 0.717) is 18.1 Å². The summed E-state index contributed by atoms with van der Waals surface area (Å²) >= 11 is 0. The highest BCUT2D eigenvalue weighted by Crippen LogP contribution is 2.27. The Hall–Kier alpha value is -2.47. The number of nitrogens with one attached hydrogen (secondary N) is 2. The fourth-order valence-corrected chi connectivity index (χ4v) is 2.52. The number of guanidine groups is 1. The van der Waals surface area contributed by atoms with E-state index in [0.717, 1.165) is 35.6 Å². The molecule has 2 aromatic rings. The van der Waals surface area contributed by atoms with Gasteiger partial charge in [-0.25, -0.2) is 0 Å². The first-order valence-corrected chi connectivity index (χ1v) is 8.34. The zero-order valence-corrected chi connectivity index (χ0v) is 18.1. The van der Waals surface area contributed by atoms with Crippen molar-refractivity contribution in [2.75, 3.05) is 27.8 Å². The fourth-order valence-electron chi connectivity index (χ4n) is 2.52. The van der Waals surface area contributed by atoms with Crippen LogP contribution in [0.1, 0.15) is 16.7 Å². The number of nitriles is 1. The molecule has 0 atom stereocenters. The molecule has 0 heterocycles. The number of methoxy groups -OCH3 is 2. The average molecular weight is 480 g/mol. The lowest BCUT2D eigenvalue weighted by Gasteiger charge is -2.13. The maximum Gasteiger partial charge on any atom is 0.191 e. The topological polar surface area (TPSA) is 78.7 Å². The van der Waals surface area contributed by atoms with Crippen molar-refractivity contribution in [1.29, 1.82) is 5.26 Å². The summed E-state index contributed by atoms with van der Waals surface area (Å²) in [5.41, 5.74) is 2.83. The van der Waals surface area contributed by atoms with E-state index in [1.54, 1.807) is 27.3 Å². The van der Waals surface area contributed by atoms with Crippen LogP contribution in [0.3, 0.4) is 0 Å². The Morgan fingerprint density at radius 3 is 2.48 bits per heavy atom. The van der Waals surface area contributed by atoms with Crippen LogP contribution in [0.15, 0.2) is 47.5 Å². The lowest BCUT2D eigenvalue weighted by Crippen LogP contribution is -2.37. The van der Waals surface area contributed by atoms with Crippen LogP contribution in [0, 0.1) is 11.3 Å². The molecule has 0 radical (unpaired) electrons. The van der Waals surface area contributed by atoms with Gasteiger partial charge in [0.1, 0.15) is 0 Å². The molecule has 0 fully saturated rings. The maximum absolute atomic E-state index is 8.96. The Morgan fingerprint density at radius 2 is 1.81 bits per heavy atom. The van der Waals surface area contributed by atoms with Crippen molar-refractivity contribution >= 4 is 29.9 Å². The highest BCUT2D eigenvalue weighted by molar-refractivity contribution is 14.0. The van der Waals surface area contributed by atoms with Gasteiger partial charge in [-0.15, -0.1) is 24.0 Å². The van der Waals surface area contributed by atoms with Crippen LogP contribution in [-0.2, 0) is 13.0 Å². The molecule has 0 unspecified atom stereocenters. The molecule has 6 nitrogen and oxygen atoms in total. The molecule has 0 amide bonds. The molecule has 0 saturated heterocycles. The Kier molecular flexibility index (Phi) is 10.0. The second-order valence-corrected chi connectivity index (χ2v) is 5.60. The third-order valence-corrected chi connectivity index (χ3v) is 3.89. The SMILES string of the molecule is CN=C(NCCc1ccc(OC)c(OC)c1)NCc1cccc(C#N)c1.I. The van der Waals surface area contributed by atoms with E-state index in [1.165, 1.54) is 0 Å². The van der Waals surface area contributed by atoms with Crippen LogP contribution in [0.25, 0.3) is 0 Å². The number of benzene rings is 2. The van der Waals surface area contributed by atoms with Crippen molar-refractivity contribution in [3.8, 4) is 17.6 Å². The number of rotatable bonds is 7. The zero-order chi connectivity index (χ0) is 18.8. The predicted molar refractivity (Wildman–Crippen MR) is 118 cm³/mol. The van der Waals surface area contributed by atoms with Gasteiger partial charge in [-0.1, -0.05) is 18.2 Å². The Morgan fingerprint density at radius 1 is 1.04 bits per heavy atom. The first kappa shape index (κ1) is 22.6. The lowest BCUT2D eigenvalue weighted by atomic mass is 10.1. The van der Waals surface area contributed by atoms with Gasteiger partial charge in [0.2, 0.25) is 0 Å². The van der Waals surface area contributed by atoms with Gasteiger partial charge in [-0.2, -0.15) is 5.26 Å². The molecular formula is C20H25IN4O2. The Balaban J connectivity index is 0.00000364. The summed E-state index contributed by atoms with van der Waals surface area (Å²) < 4.78 is 10.6. The van der Waals surface area contributed by atoms with E-state index in [2.05, 4.69) is 21.7 Å². The molecule has 27 heavy (non-hydrogen) atoms. The van der Waals surface area contributed by atoms with E-state index in [9.17, 15) is 0 Å². The summed E-state index contributed by atoms with van der Waals surface area (Å²) in [7, 11) is 4.99. The third kappa shape index (κ3) is 6.98. The molecular weight excluding hydrogens is 455 g/mol. The van der Waals surface area contributed by atoms with Gasteiger partial charge in [0.25, 0.3) is 0 Å². The van der Waals surface area contributed by atoms with Gasteiger partial charge in [-0.05, 0) is 41.8 Å². The van der Waals surface area contributed by atoms with Gasteiger partial charge < -0.3 is 20.1 Å². The monoisotopic (exact) mass is 480 g/mol. The molecule has 0 saturated carbocycles. The Labute approximate surface area is 177 Å². The van der Waals surface area contributed by atoms with Crippen LogP contribution >= 0.6 is 24.0 Å². The van der Waals surface area contributed by atoms with Crippen LogP contribution in [0.2, 0.25) is 0 Å². The fraction of sp³-hybridized carbons (Fsp3) is 0.300. The number of ether oxygens (including phenoxy) is 2. The zero-order valence-electron chi connectivity index (χ0n) is 15.8. The molecule has 7 heteroatoms.